The van der Waals surface area contributed by atoms with E-state index in [9.17, 15) is 4.79 Å². The van der Waals surface area contributed by atoms with Crippen molar-refractivity contribution in [3.63, 3.8) is 0 Å². The Morgan fingerprint density at radius 2 is 1.75 bits per heavy atom. The largest absolute Gasteiger partial charge is 0.492 e. The maximum absolute atomic E-state index is 12.0. The Morgan fingerprint density at radius 1 is 1.21 bits per heavy atom. The number of nitrogens with two attached hydrogens (primary N) is 1. The first-order valence-corrected chi connectivity index (χ1v) is 7.60. The van der Waals surface area contributed by atoms with E-state index in [2.05, 4.69) is 10.2 Å². The molecule has 0 unspecified atom stereocenters. The number of hydrogen-bond donors (Lipinski definition) is 2. The Balaban J connectivity index is 0. The van der Waals surface area contributed by atoms with Gasteiger partial charge < -0.3 is 20.7 Å². The zero-order chi connectivity index (χ0) is 16.8. The van der Waals surface area contributed by atoms with Crippen molar-refractivity contribution in [3.8, 4) is 5.75 Å². The normalized spacial score (nSPS) is 12.0. The molecule has 3 N–H and O–H groups in total. The quantitative estimate of drug-likeness (QED) is 0.763. The third-order valence-electron chi connectivity index (χ3n) is 3.41. The Bertz CT molecular complexity index is 474. The molecular weight excluding hydrogens is 349 g/mol. The van der Waals surface area contributed by atoms with E-state index in [0.29, 0.717) is 13.2 Å². The minimum Gasteiger partial charge on any atom is -0.492 e. The number of halogens is 2. The number of carbonyl (C=O) groups excluding carboxylic acids is 1. The lowest BCUT2D eigenvalue weighted by Gasteiger charge is -2.25. The minimum atomic E-state index is -0.513. The first-order chi connectivity index (χ1) is 10.2. The molecule has 0 aromatic heterocycles. The summed E-state index contributed by atoms with van der Waals surface area (Å²) < 4.78 is 5.63. The molecule has 0 fully saturated rings. The van der Waals surface area contributed by atoms with Crippen LogP contribution in [0.4, 0.5) is 0 Å². The summed E-state index contributed by atoms with van der Waals surface area (Å²) in [4.78, 5) is 14.0. The molecule has 0 radical (unpaired) electrons. The lowest BCUT2D eigenvalue weighted by atomic mass is 9.87. The Kier molecular flexibility index (Phi) is 12.1. The van der Waals surface area contributed by atoms with Gasteiger partial charge in [0.25, 0.3) is 0 Å². The van der Waals surface area contributed by atoms with Crippen LogP contribution < -0.4 is 15.8 Å². The van der Waals surface area contributed by atoms with E-state index in [-0.39, 0.29) is 36.1 Å². The number of benzene rings is 1. The van der Waals surface area contributed by atoms with Crippen molar-refractivity contribution < 1.29 is 9.53 Å². The second kappa shape index (κ2) is 11.5. The van der Waals surface area contributed by atoms with Crippen molar-refractivity contribution in [1.82, 2.24) is 10.2 Å². The van der Waals surface area contributed by atoms with Gasteiger partial charge in [0.2, 0.25) is 5.91 Å². The molecule has 0 bridgehead atoms. The summed E-state index contributed by atoms with van der Waals surface area (Å²) in [5.41, 5.74) is 6.71. The maximum Gasteiger partial charge on any atom is 0.237 e. The molecule has 0 spiro atoms. The molecule has 0 saturated heterocycles. The second-order valence-corrected chi connectivity index (χ2v) is 6.86. The van der Waals surface area contributed by atoms with E-state index in [1.54, 1.807) is 0 Å². The zero-order valence-corrected chi connectivity index (χ0v) is 16.8. The molecule has 1 amide bonds. The van der Waals surface area contributed by atoms with Crippen LogP contribution in [-0.4, -0.2) is 44.1 Å². The van der Waals surface area contributed by atoms with E-state index in [0.717, 1.165) is 17.9 Å². The van der Waals surface area contributed by atoms with Crippen molar-refractivity contribution >= 4 is 30.7 Å². The van der Waals surface area contributed by atoms with Gasteiger partial charge in [0.15, 0.2) is 0 Å². The van der Waals surface area contributed by atoms with Crippen molar-refractivity contribution in [2.45, 2.75) is 33.4 Å². The van der Waals surface area contributed by atoms with Crippen LogP contribution in [0.1, 0.15) is 26.3 Å². The van der Waals surface area contributed by atoms with E-state index in [1.165, 1.54) is 0 Å². The molecule has 24 heavy (non-hydrogen) atoms. The fourth-order valence-corrected chi connectivity index (χ4v) is 1.74. The first kappa shape index (κ1) is 25.2. The summed E-state index contributed by atoms with van der Waals surface area (Å²) in [5, 5.41) is 2.87. The van der Waals surface area contributed by atoms with Crippen molar-refractivity contribution in [1.29, 1.82) is 0 Å². The molecule has 1 atom stereocenters. The van der Waals surface area contributed by atoms with Crippen molar-refractivity contribution in [3.05, 3.63) is 29.8 Å². The van der Waals surface area contributed by atoms with Gasteiger partial charge in [-0.25, -0.2) is 0 Å². The Morgan fingerprint density at radius 3 is 2.21 bits per heavy atom. The molecule has 140 valence electrons. The van der Waals surface area contributed by atoms with Gasteiger partial charge in [-0.15, -0.1) is 24.8 Å². The Hall–Kier alpha value is -1.01. The van der Waals surface area contributed by atoms with Gasteiger partial charge in [0.1, 0.15) is 12.4 Å². The summed E-state index contributed by atoms with van der Waals surface area (Å²) >= 11 is 0. The van der Waals surface area contributed by atoms with Gasteiger partial charge in [-0.05, 0) is 37.2 Å². The van der Waals surface area contributed by atoms with E-state index in [4.69, 9.17) is 10.5 Å². The molecule has 0 aliphatic carbocycles. The highest BCUT2D eigenvalue weighted by Crippen LogP contribution is 2.17. The molecule has 7 heteroatoms. The van der Waals surface area contributed by atoms with Crippen LogP contribution in [-0.2, 0) is 11.3 Å². The number of hydrogen-bond acceptors (Lipinski definition) is 4. The van der Waals surface area contributed by atoms with Crippen LogP contribution >= 0.6 is 24.8 Å². The maximum atomic E-state index is 12.0. The smallest absolute Gasteiger partial charge is 0.237 e. The molecular formula is C17H31Cl2N3O2. The molecule has 0 saturated carbocycles. The molecule has 1 aromatic carbocycles. The molecule has 1 aromatic rings. The van der Waals surface area contributed by atoms with Crippen LogP contribution in [0, 0.1) is 5.41 Å². The standard InChI is InChI=1S/C17H29N3O2.2ClH/c1-17(2,3)15(18)16(21)19-12-13-6-8-14(9-7-13)22-11-10-20(4)5;;/h6-9,15H,10-12,18H2,1-5H3,(H,19,21);2*1H/t15-;;/m1../s1. The first-order valence-electron chi connectivity index (χ1n) is 7.60. The second-order valence-electron chi connectivity index (χ2n) is 6.86. The van der Waals surface area contributed by atoms with Gasteiger partial charge in [-0.1, -0.05) is 32.9 Å². The minimum absolute atomic E-state index is 0. The predicted molar refractivity (Wildman–Crippen MR) is 104 cm³/mol. The summed E-state index contributed by atoms with van der Waals surface area (Å²) in [6.07, 6.45) is 0. The van der Waals surface area contributed by atoms with E-state index >= 15 is 0 Å². The summed E-state index contributed by atoms with van der Waals surface area (Å²) in [6, 6.07) is 7.23. The number of carbonyl (C=O) groups is 1. The number of ether oxygens (including phenoxy) is 1. The lowest BCUT2D eigenvalue weighted by Crippen LogP contribution is -2.48. The average molecular weight is 380 g/mol. The van der Waals surface area contributed by atoms with Gasteiger partial charge in [0.05, 0.1) is 6.04 Å². The summed E-state index contributed by atoms with van der Waals surface area (Å²) in [6.45, 7) is 7.87. The van der Waals surface area contributed by atoms with Crippen LogP contribution in [0.15, 0.2) is 24.3 Å². The number of amides is 1. The van der Waals surface area contributed by atoms with Gasteiger partial charge in [-0.2, -0.15) is 0 Å². The molecule has 0 heterocycles. The highest BCUT2D eigenvalue weighted by atomic mass is 35.5. The number of likely N-dealkylation sites (N-methyl/N-ethyl adjacent to an activating group) is 1. The SMILES string of the molecule is CN(C)CCOc1ccc(CNC(=O)[C@@H](N)C(C)(C)C)cc1.Cl.Cl. The highest BCUT2D eigenvalue weighted by molar-refractivity contribution is 5.85. The predicted octanol–water partition coefficient (Wildman–Crippen LogP) is 2.46. The topological polar surface area (TPSA) is 67.6 Å². The van der Waals surface area contributed by atoms with Gasteiger partial charge in [-0.3, -0.25) is 4.79 Å². The third kappa shape index (κ3) is 9.33. The number of rotatable bonds is 7. The summed E-state index contributed by atoms with van der Waals surface area (Å²) in [7, 11) is 4.02. The van der Waals surface area contributed by atoms with Crippen molar-refractivity contribution in [2.24, 2.45) is 11.1 Å². The number of nitrogens with zero attached hydrogens (tertiary/aromatic N) is 1. The van der Waals surface area contributed by atoms with Gasteiger partial charge >= 0.3 is 0 Å². The van der Waals surface area contributed by atoms with Crippen molar-refractivity contribution in [2.75, 3.05) is 27.2 Å². The lowest BCUT2D eigenvalue weighted by molar-refractivity contribution is -0.124. The van der Waals surface area contributed by atoms with Crippen LogP contribution in [0.3, 0.4) is 0 Å². The average Bonchev–Trinajstić information content (AvgIpc) is 2.44. The highest BCUT2D eigenvalue weighted by Gasteiger charge is 2.26. The van der Waals surface area contributed by atoms with E-state index in [1.807, 2.05) is 59.1 Å². The molecule has 5 nitrogen and oxygen atoms in total. The summed E-state index contributed by atoms with van der Waals surface area (Å²) in [5.74, 6) is 0.710. The fraction of sp³-hybridized carbons (Fsp3) is 0.588. The van der Waals surface area contributed by atoms with Crippen LogP contribution in [0.2, 0.25) is 0 Å². The molecule has 0 aliphatic heterocycles. The molecule has 1 rings (SSSR count). The zero-order valence-electron chi connectivity index (χ0n) is 15.2. The fourth-order valence-electron chi connectivity index (χ4n) is 1.74. The monoisotopic (exact) mass is 379 g/mol. The van der Waals surface area contributed by atoms with Crippen LogP contribution in [0.5, 0.6) is 5.75 Å². The Labute approximate surface area is 158 Å². The number of nitrogens with one attached hydrogen (secondary N) is 1. The van der Waals surface area contributed by atoms with Gasteiger partial charge in [0, 0.05) is 13.1 Å². The van der Waals surface area contributed by atoms with Crippen LogP contribution in [0.25, 0.3) is 0 Å². The van der Waals surface area contributed by atoms with E-state index < -0.39 is 6.04 Å². The molecule has 0 aliphatic rings. The third-order valence-corrected chi connectivity index (χ3v) is 3.41.